The largest absolute Gasteiger partial charge is 0.387 e. The first-order valence-corrected chi connectivity index (χ1v) is 7.28. The Bertz CT molecular complexity index is 441. The number of aryl methyl sites for hydroxylation is 1. The fourth-order valence-corrected chi connectivity index (χ4v) is 2.74. The van der Waals surface area contributed by atoms with Gasteiger partial charge in [-0.25, -0.2) is 4.98 Å². The lowest BCUT2D eigenvalue weighted by molar-refractivity contribution is 0.192. The molecular formula is C11H15N3OS2. The van der Waals surface area contributed by atoms with Crippen LogP contribution in [0.4, 0.5) is 5.13 Å². The van der Waals surface area contributed by atoms with Crippen LogP contribution < -0.4 is 5.32 Å². The highest BCUT2D eigenvalue weighted by Gasteiger charge is 2.09. The molecule has 6 heteroatoms. The molecule has 92 valence electrons. The topological polar surface area (TPSA) is 58.0 Å². The van der Waals surface area contributed by atoms with Crippen LogP contribution in [0, 0.1) is 0 Å². The Kier molecular flexibility index (Phi) is 4.47. The molecule has 0 radical (unpaired) electrons. The Morgan fingerprint density at radius 2 is 2.41 bits per heavy atom. The fourth-order valence-electron chi connectivity index (χ4n) is 1.42. The lowest BCUT2D eigenvalue weighted by Crippen LogP contribution is -2.11. The molecule has 0 aliphatic heterocycles. The van der Waals surface area contributed by atoms with Crippen molar-refractivity contribution in [1.82, 2.24) is 9.36 Å². The van der Waals surface area contributed by atoms with Gasteiger partial charge in [-0.05, 0) is 28.8 Å². The average molecular weight is 269 g/mol. The summed E-state index contributed by atoms with van der Waals surface area (Å²) in [5.41, 5.74) is 0.945. The summed E-state index contributed by atoms with van der Waals surface area (Å²) in [6, 6.07) is 1.93. The maximum atomic E-state index is 9.88. The fraction of sp³-hybridized carbons (Fsp3) is 0.455. The summed E-state index contributed by atoms with van der Waals surface area (Å²) in [5, 5.41) is 17.7. The molecule has 1 atom stereocenters. The van der Waals surface area contributed by atoms with Crippen LogP contribution in [0.25, 0.3) is 0 Å². The minimum absolute atomic E-state index is 0.470. The van der Waals surface area contributed by atoms with Crippen molar-refractivity contribution in [2.75, 3.05) is 11.9 Å². The molecule has 0 aromatic carbocycles. The van der Waals surface area contributed by atoms with E-state index < -0.39 is 6.10 Å². The molecule has 2 aromatic heterocycles. The number of rotatable bonds is 6. The number of aliphatic hydroxyl groups excluding tert-OH is 1. The van der Waals surface area contributed by atoms with E-state index in [-0.39, 0.29) is 0 Å². The molecule has 0 fully saturated rings. The van der Waals surface area contributed by atoms with E-state index in [4.69, 9.17) is 0 Å². The molecule has 2 N–H and O–H groups in total. The normalized spacial score (nSPS) is 12.6. The van der Waals surface area contributed by atoms with E-state index in [0.717, 1.165) is 29.4 Å². The van der Waals surface area contributed by atoms with Crippen molar-refractivity contribution in [3.63, 3.8) is 0 Å². The number of aliphatic hydroxyl groups is 1. The van der Waals surface area contributed by atoms with E-state index in [9.17, 15) is 5.11 Å². The lowest BCUT2D eigenvalue weighted by atomic mass is 10.2. The van der Waals surface area contributed by atoms with E-state index in [2.05, 4.69) is 21.6 Å². The zero-order chi connectivity index (χ0) is 12.1. The number of nitrogens with one attached hydrogen (secondary N) is 1. The van der Waals surface area contributed by atoms with Crippen molar-refractivity contribution < 1.29 is 5.11 Å². The number of anilines is 1. The summed E-state index contributed by atoms with van der Waals surface area (Å²) in [6.07, 6.45) is 1.47. The molecule has 2 heterocycles. The summed E-state index contributed by atoms with van der Waals surface area (Å²) in [4.78, 5) is 4.34. The lowest BCUT2D eigenvalue weighted by Gasteiger charge is -2.08. The zero-order valence-corrected chi connectivity index (χ0v) is 11.2. The van der Waals surface area contributed by atoms with Gasteiger partial charge >= 0.3 is 0 Å². The van der Waals surface area contributed by atoms with Crippen LogP contribution in [0.5, 0.6) is 0 Å². The van der Waals surface area contributed by atoms with Crippen LogP contribution in [0.2, 0.25) is 0 Å². The van der Waals surface area contributed by atoms with E-state index >= 15 is 0 Å². The van der Waals surface area contributed by atoms with Gasteiger partial charge in [0.05, 0.1) is 6.10 Å². The third kappa shape index (κ3) is 3.49. The molecule has 0 saturated heterocycles. The monoisotopic (exact) mass is 269 g/mol. The summed E-state index contributed by atoms with van der Waals surface area (Å²) < 4.78 is 4.24. The van der Waals surface area contributed by atoms with Gasteiger partial charge in [0.15, 0.2) is 0 Å². The molecule has 2 rings (SSSR count). The van der Waals surface area contributed by atoms with Gasteiger partial charge in [-0.3, -0.25) is 0 Å². The van der Waals surface area contributed by atoms with Crippen LogP contribution in [-0.4, -0.2) is 21.0 Å². The van der Waals surface area contributed by atoms with E-state index in [1.165, 1.54) is 11.5 Å². The van der Waals surface area contributed by atoms with Crippen molar-refractivity contribution in [3.8, 4) is 0 Å². The number of thiophene rings is 1. The first kappa shape index (κ1) is 12.5. The van der Waals surface area contributed by atoms with Crippen LogP contribution in [-0.2, 0) is 6.42 Å². The minimum Gasteiger partial charge on any atom is -0.387 e. The van der Waals surface area contributed by atoms with Gasteiger partial charge in [0.1, 0.15) is 5.82 Å². The number of aromatic nitrogens is 2. The van der Waals surface area contributed by atoms with Gasteiger partial charge in [-0.2, -0.15) is 15.7 Å². The number of hydrogen-bond donors (Lipinski definition) is 2. The maximum absolute atomic E-state index is 9.88. The first-order valence-electron chi connectivity index (χ1n) is 5.56. The van der Waals surface area contributed by atoms with Crippen molar-refractivity contribution in [2.24, 2.45) is 0 Å². The molecule has 0 bridgehead atoms. The summed E-state index contributed by atoms with van der Waals surface area (Å²) in [7, 11) is 0. The van der Waals surface area contributed by atoms with Crippen molar-refractivity contribution >= 4 is 28.0 Å². The summed E-state index contributed by atoms with van der Waals surface area (Å²) in [6.45, 7) is 2.58. The molecule has 0 amide bonds. The summed E-state index contributed by atoms with van der Waals surface area (Å²) >= 11 is 2.94. The van der Waals surface area contributed by atoms with E-state index in [0.29, 0.717) is 6.54 Å². The standard InChI is InChI=1S/C11H15N3OS2/c1-2-3-10-13-11(17-14-10)12-6-9(15)8-4-5-16-7-8/h4-5,7,9,15H,2-3,6H2,1H3,(H,12,13,14). The van der Waals surface area contributed by atoms with Gasteiger partial charge in [0, 0.05) is 24.5 Å². The predicted molar refractivity (Wildman–Crippen MR) is 71.7 cm³/mol. The Morgan fingerprint density at radius 3 is 3.12 bits per heavy atom. The molecule has 4 nitrogen and oxygen atoms in total. The van der Waals surface area contributed by atoms with Gasteiger partial charge in [0.2, 0.25) is 5.13 Å². The predicted octanol–water partition coefficient (Wildman–Crippen LogP) is 2.70. The Hall–Kier alpha value is -0.980. The van der Waals surface area contributed by atoms with Crippen molar-refractivity contribution in [1.29, 1.82) is 0 Å². The molecule has 0 aliphatic rings. The molecule has 0 aliphatic carbocycles. The smallest absolute Gasteiger partial charge is 0.202 e. The molecule has 0 spiro atoms. The molecule has 2 aromatic rings. The third-order valence-electron chi connectivity index (χ3n) is 2.32. The van der Waals surface area contributed by atoms with Crippen LogP contribution in [0.15, 0.2) is 16.8 Å². The highest BCUT2D eigenvalue weighted by Crippen LogP contribution is 2.18. The highest BCUT2D eigenvalue weighted by atomic mass is 32.1. The number of hydrogen-bond acceptors (Lipinski definition) is 6. The van der Waals surface area contributed by atoms with Crippen molar-refractivity contribution in [3.05, 3.63) is 28.2 Å². The Labute approximate surface area is 109 Å². The zero-order valence-electron chi connectivity index (χ0n) is 9.59. The average Bonchev–Trinajstić information content (AvgIpc) is 2.97. The Morgan fingerprint density at radius 1 is 1.53 bits per heavy atom. The molecule has 0 saturated carbocycles. The van der Waals surface area contributed by atoms with Gasteiger partial charge < -0.3 is 10.4 Å². The van der Waals surface area contributed by atoms with Gasteiger partial charge in [-0.1, -0.05) is 6.92 Å². The Balaban J connectivity index is 1.84. The van der Waals surface area contributed by atoms with Crippen LogP contribution >= 0.6 is 22.9 Å². The number of nitrogens with zero attached hydrogens (tertiary/aromatic N) is 2. The third-order valence-corrected chi connectivity index (χ3v) is 3.73. The second kappa shape index (κ2) is 6.09. The maximum Gasteiger partial charge on any atom is 0.202 e. The SMILES string of the molecule is CCCc1nsc(NCC(O)c2ccsc2)n1. The van der Waals surface area contributed by atoms with E-state index in [1.807, 2.05) is 16.8 Å². The van der Waals surface area contributed by atoms with Gasteiger partial charge in [0.25, 0.3) is 0 Å². The van der Waals surface area contributed by atoms with E-state index in [1.54, 1.807) is 11.3 Å². The summed E-state index contributed by atoms with van der Waals surface area (Å²) in [5.74, 6) is 0.880. The minimum atomic E-state index is -0.486. The quantitative estimate of drug-likeness (QED) is 0.846. The second-order valence-corrected chi connectivity index (χ2v) is 5.25. The van der Waals surface area contributed by atoms with Gasteiger partial charge in [-0.15, -0.1) is 0 Å². The molecule has 1 unspecified atom stereocenters. The van der Waals surface area contributed by atoms with Crippen LogP contribution in [0.3, 0.4) is 0 Å². The molecular weight excluding hydrogens is 254 g/mol. The van der Waals surface area contributed by atoms with Crippen molar-refractivity contribution in [2.45, 2.75) is 25.9 Å². The van der Waals surface area contributed by atoms with Crippen LogP contribution in [0.1, 0.15) is 30.8 Å². The first-order chi connectivity index (χ1) is 8.29. The second-order valence-electron chi connectivity index (χ2n) is 3.72. The molecule has 17 heavy (non-hydrogen) atoms. The highest BCUT2D eigenvalue weighted by molar-refractivity contribution is 7.09.